The molecule has 0 unspecified atom stereocenters. The number of amides is 17. The Bertz CT molecular complexity index is 4400. The number of nitrogens with one attached hydrogen (secondary N) is 16. The maximum absolute atomic E-state index is 14.4. The van der Waals surface area contributed by atoms with Crippen molar-refractivity contribution in [3.05, 3.63) is 90.1 Å². The maximum atomic E-state index is 14.4. The number of aromatic nitrogens is 3. The molecular formula is C90H144N24O21. The molecule has 1 aliphatic heterocycles. The fourth-order valence-corrected chi connectivity index (χ4v) is 14.3. The average molecular weight is 1900 g/mol. The molecule has 0 spiro atoms. The molecule has 2 aromatic heterocycles. The molecule has 1 fully saturated rings. The third kappa shape index (κ3) is 47.6. The van der Waals surface area contributed by atoms with Gasteiger partial charge in [-0.05, 0) is 89.0 Å². The first-order valence-electron chi connectivity index (χ1n) is 46.4. The van der Waals surface area contributed by atoms with Crippen molar-refractivity contribution in [1.82, 2.24) is 89.4 Å². The number of hydrogen-bond donors (Lipinski definition) is 24. The van der Waals surface area contributed by atoms with Crippen LogP contribution in [0.25, 0.3) is 10.9 Å². The molecule has 135 heavy (non-hydrogen) atoms. The van der Waals surface area contributed by atoms with E-state index in [1.54, 1.807) is 36.5 Å². The number of hydrogen-bond acceptors (Lipinski definition) is 24. The van der Waals surface area contributed by atoms with Crippen molar-refractivity contribution in [3.8, 4) is 0 Å². The first-order valence-corrected chi connectivity index (χ1v) is 46.4. The van der Waals surface area contributed by atoms with Crippen LogP contribution >= 0.6 is 0 Å². The third-order valence-corrected chi connectivity index (χ3v) is 21.9. The highest BCUT2D eigenvalue weighted by atomic mass is 16.5. The summed E-state index contributed by atoms with van der Waals surface area (Å²) in [6.45, 7) is 4.42. The van der Waals surface area contributed by atoms with Crippen molar-refractivity contribution < 1.29 is 101 Å². The van der Waals surface area contributed by atoms with Crippen LogP contribution in [0.5, 0.6) is 0 Å². The van der Waals surface area contributed by atoms with Crippen LogP contribution in [0, 0.1) is 0 Å². The minimum absolute atomic E-state index is 0.0141. The first-order chi connectivity index (χ1) is 64.7. The van der Waals surface area contributed by atoms with Crippen LogP contribution in [0.2, 0.25) is 0 Å². The second-order valence-electron chi connectivity index (χ2n) is 33.1. The number of nitrogens with zero attached hydrogens (tertiary/aromatic N) is 2. The molecule has 45 heteroatoms. The van der Waals surface area contributed by atoms with Gasteiger partial charge in [-0.1, -0.05) is 152 Å². The minimum Gasteiger partial charge on any atom is -0.394 e. The number of unbranched alkanes of at least 4 members (excludes halogenated alkanes) is 13. The van der Waals surface area contributed by atoms with E-state index < -0.39 is 200 Å². The monoisotopic (exact) mass is 1900 g/mol. The Balaban J connectivity index is 0.000000568. The van der Waals surface area contributed by atoms with Gasteiger partial charge < -0.3 is 138 Å². The van der Waals surface area contributed by atoms with Crippen LogP contribution in [-0.4, -0.2) is 270 Å². The van der Waals surface area contributed by atoms with Gasteiger partial charge in [0, 0.05) is 87.1 Å². The molecule has 0 radical (unpaired) electrons. The number of benzene rings is 2. The molecule has 1 aliphatic rings. The maximum Gasteiger partial charge on any atom is 0.246 e. The van der Waals surface area contributed by atoms with Crippen molar-refractivity contribution in [3.63, 3.8) is 0 Å². The van der Waals surface area contributed by atoms with Gasteiger partial charge in [0.25, 0.3) is 0 Å². The summed E-state index contributed by atoms with van der Waals surface area (Å²) in [6, 6.07) is 0.967. The highest BCUT2D eigenvalue weighted by molar-refractivity contribution is 6.00. The van der Waals surface area contributed by atoms with Gasteiger partial charge in [-0.25, -0.2) is 4.98 Å². The Morgan fingerprint density at radius 1 is 0.556 bits per heavy atom. The van der Waals surface area contributed by atoms with Crippen molar-refractivity contribution >= 4 is 117 Å². The summed E-state index contributed by atoms with van der Waals surface area (Å²) in [4.78, 5) is 236. The zero-order valence-electron chi connectivity index (χ0n) is 77.9. The number of aliphatic imine (C=N–C) groups is 1. The largest absolute Gasteiger partial charge is 0.394 e. The fourth-order valence-electron chi connectivity index (χ4n) is 14.3. The molecule has 45 nitrogen and oxygen atoms in total. The number of carbonyl (C=O) groups excluding carboxylic acids is 17. The zero-order chi connectivity index (χ0) is 99.4. The van der Waals surface area contributed by atoms with E-state index in [1.807, 2.05) is 31.2 Å². The lowest BCUT2D eigenvalue weighted by molar-refractivity contribution is -0.136. The number of primary amides is 4. The molecule has 17 amide bonds. The number of ether oxygens (including phenoxy) is 2. The minimum atomic E-state index is -1.68. The number of guanidine groups is 1. The summed E-state index contributed by atoms with van der Waals surface area (Å²) in [6.07, 6.45) is 20.0. The number of rotatable bonds is 56. The van der Waals surface area contributed by atoms with Crippen LogP contribution < -0.4 is 109 Å². The summed E-state index contributed by atoms with van der Waals surface area (Å²) in [7, 11) is 1.49. The Hall–Kier alpha value is -12.8. The second-order valence-corrected chi connectivity index (χ2v) is 33.1. The van der Waals surface area contributed by atoms with E-state index in [2.05, 4.69) is 101 Å². The highest BCUT2D eigenvalue weighted by Crippen LogP contribution is 2.21. The Morgan fingerprint density at radius 3 is 1.76 bits per heavy atom. The quantitative estimate of drug-likeness (QED) is 0.0118. The number of aromatic amines is 2. The number of aliphatic hydroxyl groups excluding tert-OH is 2. The Kier molecular flexibility index (Phi) is 55.8. The average Bonchev–Trinajstić information content (AvgIpc) is 1.69. The molecular weight excluding hydrogens is 1750 g/mol. The number of H-pyrrole nitrogens is 2. The van der Waals surface area contributed by atoms with E-state index in [0.717, 1.165) is 30.2 Å². The lowest BCUT2D eigenvalue weighted by Gasteiger charge is -2.27. The van der Waals surface area contributed by atoms with Crippen LogP contribution in [0.1, 0.15) is 211 Å². The summed E-state index contributed by atoms with van der Waals surface area (Å²) in [5, 5.41) is 57.1. The van der Waals surface area contributed by atoms with Crippen LogP contribution in [0.15, 0.2) is 78.3 Å². The van der Waals surface area contributed by atoms with Gasteiger partial charge in [0.1, 0.15) is 67.0 Å². The van der Waals surface area contributed by atoms with Gasteiger partial charge in [0.15, 0.2) is 5.96 Å². The van der Waals surface area contributed by atoms with Crippen LogP contribution in [0.4, 0.5) is 0 Å². The van der Waals surface area contributed by atoms with Gasteiger partial charge in [-0.15, -0.1) is 0 Å². The molecule has 0 aliphatic carbocycles. The lowest BCUT2D eigenvalue weighted by Crippen LogP contribution is -2.61. The normalized spacial score (nSPS) is 17.9. The zero-order valence-corrected chi connectivity index (χ0v) is 77.9. The number of fused-ring (bicyclic) bond motifs is 1. The highest BCUT2D eigenvalue weighted by Gasteiger charge is 2.38. The topological polar surface area (TPSA) is 730 Å². The number of likely N-dealkylation sites (N-methyl/N-ethyl adjacent to an activating group) is 1. The SMILES string of the molecule is CCCCCCCCCCCCCCCC(=O)NCCOCCOCC(=O)NCC(=O)N[C@H](C(=O)N[C@@H](CCC(N)=O)C(=O)N[C@@H](Cc1cnc[nH]1)C(=O)N[C@@H](CO)C(=O)N[C@@H](CCCC)C(N)=O)[C@@H](C)O.CN[C@H]1CCC(=O)NCCCC[C@@H](C(N)=O)NC(=O)[C@H](Cc2c[nH]c3ccccc23)NC(=O)[C@H](CCCN=C(N)N)NC(=O)[C@@H](Cc2ccccc2)NC(=O)[C@H](CC(N)=O)NC1=O. The van der Waals surface area contributed by atoms with Gasteiger partial charge in [-0.2, -0.15) is 0 Å². The molecule has 1 saturated heterocycles. The van der Waals surface area contributed by atoms with Gasteiger partial charge in [0.2, 0.25) is 100 Å². The fraction of sp³-hybridized carbons (Fsp3) is 0.611. The number of aliphatic hydroxyl groups is 2. The summed E-state index contributed by atoms with van der Waals surface area (Å²) < 4.78 is 10.7. The van der Waals surface area contributed by atoms with Crippen molar-refractivity contribution in [2.24, 2.45) is 39.4 Å². The van der Waals surface area contributed by atoms with Crippen LogP contribution in [-0.2, 0) is 110 Å². The molecule has 0 saturated carbocycles. The molecule has 0 bridgehead atoms. The van der Waals surface area contributed by atoms with Crippen LogP contribution in [0.3, 0.4) is 0 Å². The van der Waals surface area contributed by atoms with Crippen molar-refractivity contribution in [2.75, 3.05) is 66.3 Å². The first kappa shape index (κ1) is 115. The van der Waals surface area contributed by atoms with Crippen molar-refractivity contribution in [2.45, 2.75) is 286 Å². The standard InChI is InChI=1S/C48H85N11O13.C42H59N13O8/c1-4-6-8-9-10-11-12-13-14-15-16-17-18-20-40(63)52-23-24-71-25-26-72-31-42(65)53-29-41(64)59-43(33(3)61)48(70)56-36(21-22-39(49)62)45(67)57-37(27-34-28-51-32-54-34)46(68)58-38(30-60)47(69)55-35(44(50)66)19-7-5-2;1-47-29-16-17-35(57)48-18-8-7-14-28(36(44)58)51-40(62)32(21-25-23-50-27-13-6-5-12-26(25)27)54-38(60)30(15-9-19-49-42(45)46)52-39(61)31(20-24-10-3-2-4-11-24)53-41(63)33(22-34(43)56)55-37(29)59/h28,32-33,35-38,43,60-61H,4-27,29-31H2,1-3H3,(H2,49,62)(H2,50,66)(H,51,54)(H,52,63)(H,53,65)(H,55,69)(H,56,70)(H,57,67)(H,58,68)(H,59,64);2-6,10-13,23,28-33,47,50H,7-9,14-22H2,1H3,(H2,43,56)(H2,44,58)(H,48,57)(H,51,62)(H,52,61)(H,53,63)(H,54,60)(H,55,59)(H4,45,46,49)/t33-,35+,36+,37+,38+,43+;28-,29-,30-,31+,32-,33-/m10/s1. The second kappa shape index (κ2) is 65.8. The van der Waals surface area contributed by atoms with E-state index in [4.69, 9.17) is 43.9 Å². The number of carbonyl (C=O) groups is 17. The molecule has 4 aromatic rings. The van der Waals surface area contributed by atoms with Gasteiger partial charge in [0.05, 0.1) is 57.9 Å². The van der Waals surface area contributed by atoms with Gasteiger partial charge >= 0.3 is 0 Å². The Labute approximate surface area is 786 Å². The van der Waals surface area contributed by atoms with E-state index in [9.17, 15) is 91.7 Å². The lowest BCUT2D eigenvalue weighted by atomic mass is 10.0. The molecule has 5 rings (SSSR count). The number of imidazole rings is 1. The molecule has 750 valence electrons. The summed E-state index contributed by atoms with van der Waals surface area (Å²) in [5.41, 5.74) is 35.4. The summed E-state index contributed by atoms with van der Waals surface area (Å²) in [5.74, 6) is -13.5. The van der Waals surface area contributed by atoms with Crippen molar-refractivity contribution in [1.29, 1.82) is 0 Å². The summed E-state index contributed by atoms with van der Waals surface area (Å²) >= 11 is 0. The third-order valence-electron chi connectivity index (χ3n) is 21.9. The molecule has 30 N–H and O–H groups in total. The Morgan fingerprint density at radius 2 is 1.14 bits per heavy atom. The van der Waals surface area contributed by atoms with Gasteiger partial charge in [-0.3, -0.25) is 86.5 Å². The van der Waals surface area contributed by atoms with E-state index >= 15 is 0 Å². The smallest absolute Gasteiger partial charge is 0.246 e. The molecule has 12 atom stereocenters. The predicted octanol–water partition coefficient (Wildman–Crippen LogP) is -3.10. The van der Waals surface area contributed by atoms with E-state index in [0.29, 0.717) is 55.5 Å². The van der Waals surface area contributed by atoms with E-state index in [1.165, 1.54) is 90.7 Å². The number of para-hydroxylation sites is 1. The van der Waals surface area contributed by atoms with E-state index in [-0.39, 0.29) is 108 Å². The molecule has 3 heterocycles. The molecule has 2 aromatic carbocycles. The predicted molar refractivity (Wildman–Crippen MR) is 499 cm³/mol. The number of nitrogens with two attached hydrogens (primary N) is 6.